The van der Waals surface area contributed by atoms with Crippen LogP contribution in [0.25, 0.3) is 0 Å². The molecule has 0 atom stereocenters. The Morgan fingerprint density at radius 2 is 1.71 bits per heavy atom. The fraction of sp³-hybridized carbons (Fsp3) is 0.250. The number of esters is 1. The van der Waals surface area contributed by atoms with E-state index in [1.807, 2.05) is 0 Å². The molecule has 0 aliphatic carbocycles. The average Bonchev–Trinajstić information content (AvgIpc) is 2.37. The van der Waals surface area contributed by atoms with E-state index in [1.54, 1.807) is 12.1 Å². The Morgan fingerprint density at radius 1 is 1.06 bits per heavy atom. The van der Waals surface area contributed by atoms with Crippen LogP contribution in [0.15, 0.2) is 18.2 Å². The number of hydrogen-bond acceptors (Lipinski definition) is 5. The molecule has 0 aromatic heterocycles. The van der Waals surface area contributed by atoms with E-state index in [0.29, 0.717) is 17.1 Å². The molecule has 1 aromatic rings. The maximum Gasteiger partial charge on any atom is 0.317 e. The number of Topliss-reactive ketones (excluding diaryl/α,β-unsaturated/α-hetero) is 1. The minimum Gasteiger partial charge on any atom is -0.493 e. The standard InChI is InChI=1S/C12H13O5/c1-15-10-5-4-8(6-11(10)16-2)9(13)7-12(14)17-3/h4-7H,1-3H3. The SMILES string of the molecule is COC(=O)[CH]C(=O)c1ccc(OC)c(OC)c1. The van der Waals surface area contributed by atoms with Crippen molar-refractivity contribution in [1.82, 2.24) is 0 Å². The molecular formula is C12H13O5. The quantitative estimate of drug-likeness (QED) is 0.438. The van der Waals surface area contributed by atoms with E-state index in [-0.39, 0.29) is 0 Å². The van der Waals surface area contributed by atoms with E-state index in [1.165, 1.54) is 27.4 Å². The number of rotatable bonds is 5. The fourth-order valence-electron chi connectivity index (χ4n) is 1.24. The van der Waals surface area contributed by atoms with Gasteiger partial charge in [0.2, 0.25) is 0 Å². The minimum atomic E-state index is -0.690. The number of hydrogen-bond donors (Lipinski definition) is 0. The molecule has 0 unspecified atom stereocenters. The van der Waals surface area contributed by atoms with Gasteiger partial charge in [-0.1, -0.05) is 0 Å². The van der Waals surface area contributed by atoms with Crippen molar-refractivity contribution in [2.45, 2.75) is 0 Å². The van der Waals surface area contributed by atoms with Crippen molar-refractivity contribution in [3.8, 4) is 11.5 Å². The Hall–Kier alpha value is -2.04. The van der Waals surface area contributed by atoms with Crippen LogP contribution in [0.5, 0.6) is 11.5 Å². The van der Waals surface area contributed by atoms with Crippen LogP contribution in [0.4, 0.5) is 0 Å². The second kappa shape index (κ2) is 5.89. The molecule has 1 radical (unpaired) electrons. The van der Waals surface area contributed by atoms with Crippen molar-refractivity contribution in [3.63, 3.8) is 0 Å². The van der Waals surface area contributed by atoms with E-state index in [9.17, 15) is 9.59 Å². The zero-order valence-corrected chi connectivity index (χ0v) is 9.85. The summed E-state index contributed by atoms with van der Waals surface area (Å²) < 4.78 is 14.5. The molecule has 91 valence electrons. The summed E-state index contributed by atoms with van der Waals surface area (Å²) in [6.07, 6.45) is 0.876. The van der Waals surface area contributed by atoms with Gasteiger partial charge in [-0.2, -0.15) is 0 Å². The topological polar surface area (TPSA) is 61.8 Å². The first kappa shape index (κ1) is 13.0. The van der Waals surface area contributed by atoms with Crippen LogP contribution >= 0.6 is 0 Å². The molecule has 0 aliphatic heterocycles. The van der Waals surface area contributed by atoms with Crippen molar-refractivity contribution < 1.29 is 23.8 Å². The molecule has 0 saturated carbocycles. The molecular weight excluding hydrogens is 224 g/mol. The predicted molar refractivity (Wildman–Crippen MR) is 60.2 cm³/mol. The van der Waals surface area contributed by atoms with Gasteiger partial charge in [0, 0.05) is 5.56 Å². The molecule has 5 heteroatoms. The van der Waals surface area contributed by atoms with Crippen LogP contribution in [0.3, 0.4) is 0 Å². The molecule has 1 aromatic carbocycles. The van der Waals surface area contributed by atoms with E-state index in [0.717, 1.165) is 6.42 Å². The number of ketones is 1. The summed E-state index contributed by atoms with van der Waals surface area (Å²) in [4.78, 5) is 22.5. The minimum absolute atomic E-state index is 0.327. The molecule has 0 fully saturated rings. The molecule has 5 nitrogen and oxygen atoms in total. The molecule has 0 aliphatic rings. The van der Waals surface area contributed by atoms with Crippen molar-refractivity contribution in [2.75, 3.05) is 21.3 Å². The summed E-state index contributed by atoms with van der Waals surface area (Å²) in [5.74, 6) is -0.193. The molecule has 1 rings (SSSR count). The monoisotopic (exact) mass is 237 g/mol. The first-order valence-corrected chi connectivity index (χ1v) is 4.81. The Balaban J connectivity index is 2.92. The number of carbonyl (C=O) groups is 2. The average molecular weight is 237 g/mol. The summed E-state index contributed by atoms with van der Waals surface area (Å²) in [5.41, 5.74) is 0.327. The Morgan fingerprint density at radius 3 is 2.24 bits per heavy atom. The van der Waals surface area contributed by atoms with E-state index in [2.05, 4.69) is 4.74 Å². The predicted octanol–water partition coefficient (Wildman–Crippen LogP) is 1.26. The highest BCUT2D eigenvalue weighted by molar-refractivity contribution is 6.15. The number of methoxy groups -OCH3 is 3. The highest BCUT2D eigenvalue weighted by atomic mass is 16.5. The lowest BCUT2D eigenvalue weighted by Crippen LogP contribution is -2.10. The third-order valence-electron chi connectivity index (χ3n) is 2.12. The maximum atomic E-state index is 11.6. The summed E-state index contributed by atoms with van der Waals surface area (Å²) in [6, 6.07) is 4.64. The highest BCUT2D eigenvalue weighted by Gasteiger charge is 2.15. The van der Waals surface area contributed by atoms with Crippen molar-refractivity contribution >= 4 is 11.8 Å². The van der Waals surface area contributed by atoms with Crippen molar-refractivity contribution in [2.24, 2.45) is 0 Å². The number of ether oxygens (including phenoxy) is 3. The third-order valence-corrected chi connectivity index (χ3v) is 2.12. The zero-order chi connectivity index (χ0) is 12.8. The summed E-state index contributed by atoms with van der Waals surface area (Å²) in [5, 5.41) is 0. The molecule has 0 N–H and O–H groups in total. The van der Waals surface area contributed by atoms with Crippen LogP contribution in [0.1, 0.15) is 10.4 Å². The Labute approximate surface area is 99.3 Å². The molecule has 0 spiro atoms. The summed E-state index contributed by atoms with van der Waals surface area (Å²) in [7, 11) is 4.18. The first-order chi connectivity index (χ1) is 8.12. The van der Waals surface area contributed by atoms with E-state index < -0.39 is 11.8 Å². The van der Waals surface area contributed by atoms with E-state index in [4.69, 9.17) is 9.47 Å². The largest absolute Gasteiger partial charge is 0.493 e. The Bertz CT molecular complexity index is 425. The molecule has 17 heavy (non-hydrogen) atoms. The fourth-order valence-corrected chi connectivity index (χ4v) is 1.24. The third kappa shape index (κ3) is 3.21. The Kier molecular flexibility index (Phi) is 4.51. The maximum absolute atomic E-state index is 11.6. The van der Waals surface area contributed by atoms with Gasteiger partial charge in [-0.3, -0.25) is 9.59 Å². The van der Waals surface area contributed by atoms with Crippen molar-refractivity contribution in [3.05, 3.63) is 30.2 Å². The van der Waals surface area contributed by atoms with Crippen LogP contribution in [-0.4, -0.2) is 33.1 Å². The normalized spacial score (nSPS) is 9.59. The van der Waals surface area contributed by atoms with Crippen molar-refractivity contribution in [1.29, 1.82) is 0 Å². The number of benzene rings is 1. The van der Waals surface area contributed by atoms with Gasteiger partial charge >= 0.3 is 5.97 Å². The van der Waals surface area contributed by atoms with Gasteiger partial charge in [-0.05, 0) is 18.2 Å². The molecule has 0 heterocycles. The highest BCUT2D eigenvalue weighted by Crippen LogP contribution is 2.27. The van der Waals surface area contributed by atoms with Crippen LogP contribution < -0.4 is 9.47 Å². The summed E-state index contributed by atoms with van der Waals surface area (Å²) in [6.45, 7) is 0. The van der Waals surface area contributed by atoms with Gasteiger partial charge in [0.15, 0.2) is 17.3 Å². The lowest BCUT2D eigenvalue weighted by molar-refractivity contribution is -0.136. The second-order valence-corrected chi connectivity index (χ2v) is 3.10. The van der Waals surface area contributed by atoms with Gasteiger partial charge in [-0.25, -0.2) is 0 Å². The van der Waals surface area contributed by atoms with Crippen LogP contribution in [0, 0.1) is 6.42 Å². The zero-order valence-electron chi connectivity index (χ0n) is 9.85. The molecule has 0 amide bonds. The number of carbonyl (C=O) groups excluding carboxylic acids is 2. The van der Waals surface area contributed by atoms with Gasteiger partial charge < -0.3 is 14.2 Å². The van der Waals surface area contributed by atoms with Gasteiger partial charge in [0.05, 0.1) is 21.3 Å². The van der Waals surface area contributed by atoms with Crippen LogP contribution in [0.2, 0.25) is 0 Å². The smallest absolute Gasteiger partial charge is 0.317 e. The lowest BCUT2D eigenvalue weighted by atomic mass is 10.1. The van der Waals surface area contributed by atoms with Crippen LogP contribution in [-0.2, 0) is 9.53 Å². The molecule has 0 saturated heterocycles. The van der Waals surface area contributed by atoms with E-state index >= 15 is 0 Å². The first-order valence-electron chi connectivity index (χ1n) is 4.81. The second-order valence-electron chi connectivity index (χ2n) is 3.10. The summed E-state index contributed by atoms with van der Waals surface area (Å²) >= 11 is 0. The van der Waals surface area contributed by atoms with Gasteiger partial charge in [0.1, 0.15) is 6.42 Å². The molecule has 0 bridgehead atoms. The van der Waals surface area contributed by atoms with Gasteiger partial charge in [-0.15, -0.1) is 0 Å². The lowest BCUT2D eigenvalue weighted by Gasteiger charge is -2.08. The van der Waals surface area contributed by atoms with Gasteiger partial charge in [0.25, 0.3) is 0 Å².